The molecule has 2 fully saturated rings. The first-order chi connectivity index (χ1) is 9.72. The van der Waals surface area contributed by atoms with Gasteiger partial charge in [0.15, 0.2) is 0 Å². The molecule has 2 aliphatic rings. The van der Waals surface area contributed by atoms with Crippen molar-refractivity contribution in [1.29, 1.82) is 0 Å². The first-order valence-corrected chi connectivity index (χ1v) is 8.78. The summed E-state index contributed by atoms with van der Waals surface area (Å²) in [5.41, 5.74) is 1.26. The molecular weight excluding hydrogens is 336 g/mol. The summed E-state index contributed by atoms with van der Waals surface area (Å²) in [5.74, 6) is 0.804. The average molecular weight is 358 g/mol. The van der Waals surface area contributed by atoms with Crippen LogP contribution in [-0.4, -0.2) is 30.6 Å². The molecule has 3 rings (SSSR count). The lowest BCUT2D eigenvalue weighted by Gasteiger charge is -2.30. The maximum Gasteiger partial charge on any atom is 0.0462 e. The molecular formula is C16H22BrClN2. The van der Waals surface area contributed by atoms with Gasteiger partial charge in [-0.2, -0.15) is 0 Å². The van der Waals surface area contributed by atoms with Crippen molar-refractivity contribution in [3.63, 3.8) is 0 Å². The van der Waals surface area contributed by atoms with Gasteiger partial charge in [-0.15, -0.1) is 0 Å². The predicted octanol–water partition coefficient (Wildman–Crippen LogP) is 4.07. The van der Waals surface area contributed by atoms with Crippen molar-refractivity contribution in [2.24, 2.45) is 5.92 Å². The zero-order chi connectivity index (χ0) is 13.9. The van der Waals surface area contributed by atoms with Gasteiger partial charge in [-0.25, -0.2) is 0 Å². The van der Waals surface area contributed by atoms with E-state index in [4.69, 9.17) is 11.6 Å². The van der Waals surface area contributed by atoms with Gasteiger partial charge in [-0.1, -0.05) is 33.6 Å². The fraction of sp³-hybridized carbons (Fsp3) is 0.625. The monoisotopic (exact) mass is 356 g/mol. The summed E-state index contributed by atoms with van der Waals surface area (Å²) >= 11 is 9.85. The molecule has 1 atom stereocenters. The fourth-order valence-corrected chi connectivity index (χ4v) is 3.80. The Bertz CT molecular complexity index is 456. The van der Waals surface area contributed by atoms with E-state index in [0.29, 0.717) is 0 Å². The van der Waals surface area contributed by atoms with E-state index in [0.717, 1.165) is 28.0 Å². The van der Waals surface area contributed by atoms with E-state index in [1.807, 2.05) is 6.07 Å². The molecule has 1 saturated carbocycles. The van der Waals surface area contributed by atoms with E-state index in [2.05, 4.69) is 38.3 Å². The summed E-state index contributed by atoms with van der Waals surface area (Å²) in [6.45, 7) is 4.58. The molecule has 1 N–H and O–H groups in total. The maximum atomic E-state index is 6.37. The third kappa shape index (κ3) is 3.97. The van der Waals surface area contributed by atoms with Gasteiger partial charge in [-0.05, 0) is 62.4 Å². The zero-order valence-corrected chi connectivity index (χ0v) is 14.1. The van der Waals surface area contributed by atoms with Crippen molar-refractivity contribution >= 4 is 27.5 Å². The SMILES string of the molecule is Clc1cc(Br)ccc1CN(CC1CCCNC1)C1CC1. The Morgan fingerprint density at radius 3 is 2.80 bits per heavy atom. The number of hydrogen-bond acceptors (Lipinski definition) is 2. The largest absolute Gasteiger partial charge is 0.316 e. The van der Waals surface area contributed by atoms with Crippen LogP contribution in [0.2, 0.25) is 5.02 Å². The molecule has 110 valence electrons. The molecule has 1 unspecified atom stereocenters. The lowest BCUT2D eigenvalue weighted by atomic mass is 9.98. The van der Waals surface area contributed by atoms with Gasteiger partial charge >= 0.3 is 0 Å². The number of hydrogen-bond donors (Lipinski definition) is 1. The molecule has 20 heavy (non-hydrogen) atoms. The van der Waals surface area contributed by atoms with Crippen molar-refractivity contribution in [2.75, 3.05) is 19.6 Å². The van der Waals surface area contributed by atoms with Gasteiger partial charge in [0.25, 0.3) is 0 Å². The molecule has 1 aliphatic heterocycles. The number of nitrogens with zero attached hydrogens (tertiary/aromatic N) is 1. The van der Waals surface area contributed by atoms with Crippen LogP contribution in [0.1, 0.15) is 31.2 Å². The van der Waals surface area contributed by atoms with E-state index in [1.165, 1.54) is 50.9 Å². The Labute approximate surface area is 135 Å². The molecule has 1 aromatic carbocycles. The minimum atomic E-state index is 0.789. The van der Waals surface area contributed by atoms with Crippen molar-refractivity contribution in [3.05, 3.63) is 33.3 Å². The predicted molar refractivity (Wildman–Crippen MR) is 88.2 cm³/mol. The Hall–Kier alpha value is -0.0900. The zero-order valence-electron chi connectivity index (χ0n) is 11.7. The third-order valence-electron chi connectivity index (χ3n) is 4.34. The Kier molecular flexibility index (Phi) is 5.03. The molecule has 0 bridgehead atoms. The van der Waals surface area contributed by atoms with Crippen LogP contribution in [0.4, 0.5) is 0 Å². The molecule has 4 heteroatoms. The molecule has 0 amide bonds. The molecule has 1 aliphatic carbocycles. The second-order valence-corrected chi connectivity index (χ2v) is 7.43. The van der Waals surface area contributed by atoms with Crippen molar-refractivity contribution in [1.82, 2.24) is 10.2 Å². The first-order valence-electron chi connectivity index (χ1n) is 7.61. The van der Waals surface area contributed by atoms with Crippen LogP contribution in [0.15, 0.2) is 22.7 Å². The molecule has 1 saturated heterocycles. The second-order valence-electron chi connectivity index (χ2n) is 6.11. The number of piperidine rings is 1. The highest BCUT2D eigenvalue weighted by Crippen LogP contribution is 2.32. The van der Waals surface area contributed by atoms with E-state index in [9.17, 15) is 0 Å². The van der Waals surface area contributed by atoms with E-state index >= 15 is 0 Å². The highest BCUT2D eigenvalue weighted by molar-refractivity contribution is 9.10. The van der Waals surface area contributed by atoms with Crippen LogP contribution < -0.4 is 5.32 Å². The van der Waals surface area contributed by atoms with E-state index in [-0.39, 0.29) is 0 Å². The van der Waals surface area contributed by atoms with Crippen LogP contribution in [0.5, 0.6) is 0 Å². The molecule has 1 heterocycles. The van der Waals surface area contributed by atoms with Crippen molar-refractivity contribution < 1.29 is 0 Å². The standard InChI is InChI=1S/C16H22BrClN2/c17-14-4-3-13(16(18)8-14)11-20(15-5-6-15)10-12-2-1-7-19-9-12/h3-4,8,12,15,19H,1-2,5-7,9-11H2. The molecule has 2 nitrogen and oxygen atoms in total. The summed E-state index contributed by atoms with van der Waals surface area (Å²) in [5, 5.41) is 4.40. The van der Waals surface area contributed by atoms with Crippen molar-refractivity contribution in [2.45, 2.75) is 38.3 Å². The van der Waals surface area contributed by atoms with Gasteiger partial charge in [-0.3, -0.25) is 4.90 Å². The third-order valence-corrected chi connectivity index (χ3v) is 5.19. The minimum absolute atomic E-state index is 0.789. The van der Waals surface area contributed by atoms with Crippen molar-refractivity contribution in [3.8, 4) is 0 Å². The summed E-state index contributed by atoms with van der Waals surface area (Å²) in [6.07, 6.45) is 5.40. The lowest BCUT2D eigenvalue weighted by Crippen LogP contribution is -2.39. The summed E-state index contributed by atoms with van der Waals surface area (Å²) < 4.78 is 1.06. The van der Waals surface area contributed by atoms with Crippen LogP contribution in [0.3, 0.4) is 0 Å². The van der Waals surface area contributed by atoms with Gasteiger partial charge in [0.05, 0.1) is 0 Å². The topological polar surface area (TPSA) is 15.3 Å². The fourth-order valence-electron chi connectivity index (χ4n) is 3.06. The normalized spacial score (nSPS) is 23.2. The first kappa shape index (κ1) is 14.8. The van der Waals surface area contributed by atoms with Gasteiger partial charge in [0.2, 0.25) is 0 Å². The maximum absolute atomic E-state index is 6.37. The average Bonchev–Trinajstić information content (AvgIpc) is 3.26. The second kappa shape index (κ2) is 6.78. The van der Waals surface area contributed by atoms with E-state index < -0.39 is 0 Å². The molecule has 0 aromatic heterocycles. The molecule has 1 aromatic rings. The summed E-state index contributed by atoms with van der Waals surface area (Å²) in [6, 6.07) is 7.04. The number of benzene rings is 1. The summed E-state index contributed by atoms with van der Waals surface area (Å²) in [7, 11) is 0. The highest BCUT2D eigenvalue weighted by Gasteiger charge is 2.31. The number of rotatable bonds is 5. The van der Waals surface area contributed by atoms with Gasteiger partial charge in [0, 0.05) is 28.6 Å². The van der Waals surface area contributed by atoms with Crippen LogP contribution in [0, 0.1) is 5.92 Å². The number of nitrogens with one attached hydrogen (secondary N) is 1. The van der Waals surface area contributed by atoms with Crippen LogP contribution in [-0.2, 0) is 6.54 Å². The smallest absolute Gasteiger partial charge is 0.0462 e. The highest BCUT2D eigenvalue weighted by atomic mass is 79.9. The van der Waals surface area contributed by atoms with Gasteiger partial charge < -0.3 is 5.32 Å². The quantitative estimate of drug-likeness (QED) is 0.854. The Balaban J connectivity index is 1.64. The van der Waals surface area contributed by atoms with Crippen LogP contribution in [0.25, 0.3) is 0 Å². The Morgan fingerprint density at radius 2 is 2.15 bits per heavy atom. The summed E-state index contributed by atoms with van der Waals surface area (Å²) in [4.78, 5) is 2.65. The van der Waals surface area contributed by atoms with Gasteiger partial charge in [0.1, 0.15) is 0 Å². The Morgan fingerprint density at radius 1 is 1.30 bits per heavy atom. The number of halogens is 2. The molecule has 0 spiro atoms. The van der Waals surface area contributed by atoms with E-state index in [1.54, 1.807) is 0 Å². The molecule has 0 radical (unpaired) electrons. The lowest BCUT2D eigenvalue weighted by molar-refractivity contribution is 0.193. The van der Waals surface area contributed by atoms with Crippen LogP contribution >= 0.6 is 27.5 Å². The minimum Gasteiger partial charge on any atom is -0.316 e.